The summed E-state index contributed by atoms with van der Waals surface area (Å²) in [5.41, 5.74) is 0.686. The lowest BCUT2D eigenvalue weighted by Gasteiger charge is -2.15. The molecule has 0 aromatic heterocycles. The fourth-order valence-corrected chi connectivity index (χ4v) is 2.27. The van der Waals surface area contributed by atoms with Crippen molar-refractivity contribution < 1.29 is 27.8 Å². The van der Waals surface area contributed by atoms with Crippen molar-refractivity contribution in [3.05, 3.63) is 53.1 Å². The normalized spacial score (nSPS) is 11.3. The van der Waals surface area contributed by atoms with Gasteiger partial charge in [-0.2, -0.15) is 13.2 Å². The maximum atomic E-state index is 12.6. The molecule has 0 unspecified atom stereocenters. The highest BCUT2D eigenvalue weighted by molar-refractivity contribution is 5.93. The molecule has 0 fully saturated rings. The van der Waals surface area contributed by atoms with Gasteiger partial charge in [0.05, 0.1) is 18.2 Å². The quantitative estimate of drug-likeness (QED) is 0.914. The number of ether oxygens (including phenoxy) is 1. The second kappa shape index (κ2) is 5.71. The van der Waals surface area contributed by atoms with E-state index in [2.05, 4.69) is 0 Å². The van der Waals surface area contributed by atoms with E-state index in [1.54, 1.807) is 6.92 Å². The molecule has 0 amide bonds. The van der Waals surface area contributed by atoms with E-state index in [0.29, 0.717) is 22.4 Å². The summed E-state index contributed by atoms with van der Waals surface area (Å²) in [7, 11) is 1.42. The Kier molecular flexibility index (Phi) is 4.12. The van der Waals surface area contributed by atoms with E-state index in [-0.39, 0.29) is 5.56 Å². The minimum atomic E-state index is -4.42. The van der Waals surface area contributed by atoms with Gasteiger partial charge in [-0.3, -0.25) is 0 Å². The molecule has 22 heavy (non-hydrogen) atoms. The molecule has 0 bridgehead atoms. The monoisotopic (exact) mass is 310 g/mol. The third-order valence-electron chi connectivity index (χ3n) is 3.38. The first-order chi connectivity index (χ1) is 10.3. The zero-order chi connectivity index (χ0) is 16.5. The number of methoxy groups -OCH3 is 1. The number of aromatic carboxylic acids is 1. The molecule has 2 aromatic rings. The molecule has 0 atom stereocenters. The molecule has 6 heteroatoms. The molecular weight excluding hydrogens is 297 g/mol. The average Bonchev–Trinajstić information content (AvgIpc) is 2.45. The van der Waals surface area contributed by atoms with Crippen molar-refractivity contribution in [1.82, 2.24) is 0 Å². The molecule has 0 saturated heterocycles. The minimum absolute atomic E-state index is 0.0793. The van der Waals surface area contributed by atoms with Gasteiger partial charge >= 0.3 is 12.1 Å². The van der Waals surface area contributed by atoms with Crippen LogP contribution in [-0.2, 0) is 6.18 Å². The van der Waals surface area contributed by atoms with E-state index in [4.69, 9.17) is 9.84 Å². The Balaban J connectivity index is 2.60. The van der Waals surface area contributed by atoms with Crippen LogP contribution in [0.4, 0.5) is 13.2 Å². The van der Waals surface area contributed by atoms with Crippen molar-refractivity contribution >= 4 is 5.97 Å². The van der Waals surface area contributed by atoms with Gasteiger partial charge in [-0.15, -0.1) is 0 Å². The maximum Gasteiger partial charge on any atom is 0.416 e. The highest BCUT2D eigenvalue weighted by Gasteiger charge is 2.30. The molecule has 0 saturated carbocycles. The van der Waals surface area contributed by atoms with Crippen LogP contribution in [-0.4, -0.2) is 18.2 Å². The molecule has 0 aliphatic rings. The summed E-state index contributed by atoms with van der Waals surface area (Å²) in [5, 5.41) is 9.16. The average molecular weight is 310 g/mol. The summed E-state index contributed by atoms with van der Waals surface area (Å²) in [4.78, 5) is 11.2. The van der Waals surface area contributed by atoms with E-state index in [1.807, 2.05) is 0 Å². The predicted molar refractivity (Wildman–Crippen MR) is 75.1 cm³/mol. The molecule has 116 valence electrons. The summed E-state index contributed by atoms with van der Waals surface area (Å²) < 4.78 is 43.0. The molecular formula is C16H13F3O3. The summed E-state index contributed by atoms with van der Waals surface area (Å²) >= 11 is 0. The van der Waals surface area contributed by atoms with E-state index in [1.165, 1.54) is 31.4 Å². The van der Waals surface area contributed by atoms with Gasteiger partial charge in [-0.05, 0) is 42.3 Å². The van der Waals surface area contributed by atoms with Gasteiger partial charge < -0.3 is 9.84 Å². The summed E-state index contributed by atoms with van der Waals surface area (Å²) in [6, 6.07) is 7.43. The lowest BCUT2D eigenvalue weighted by Crippen LogP contribution is -2.05. The van der Waals surface area contributed by atoms with Gasteiger partial charge in [0, 0.05) is 5.56 Å². The van der Waals surface area contributed by atoms with Crippen molar-refractivity contribution in [3.63, 3.8) is 0 Å². The number of hydrogen-bond donors (Lipinski definition) is 1. The van der Waals surface area contributed by atoms with Crippen molar-refractivity contribution in [1.29, 1.82) is 0 Å². The molecule has 0 radical (unpaired) electrons. The Bertz CT molecular complexity index is 704. The number of alkyl halides is 3. The second-order valence-electron chi connectivity index (χ2n) is 4.70. The highest BCUT2D eigenvalue weighted by Crippen LogP contribution is 2.37. The van der Waals surface area contributed by atoms with Crippen LogP contribution in [0.15, 0.2) is 36.4 Å². The topological polar surface area (TPSA) is 46.5 Å². The summed E-state index contributed by atoms with van der Waals surface area (Å²) in [6.45, 7) is 1.60. The Morgan fingerprint density at radius 1 is 1.09 bits per heavy atom. The second-order valence-corrected chi connectivity index (χ2v) is 4.70. The van der Waals surface area contributed by atoms with E-state index in [9.17, 15) is 18.0 Å². The first-order valence-corrected chi connectivity index (χ1v) is 6.34. The minimum Gasteiger partial charge on any atom is -0.496 e. The Morgan fingerprint density at radius 2 is 1.68 bits per heavy atom. The van der Waals surface area contributed by atoms with Crippen LogP contribution in [0.2, 0.25) is 0 Å². The van der Waals surface area contributed by atoms with E-state index < -0.39 is 17.7 Å². The number of carboxylic acid groups (broad SMARTS) is 1. The van der Waals surface area contributed by atoms with Crippen molar-refractivity contribution in [2.75, 3.05) is 7.11 Å². The van der Waals surface area contributed by atoms with Crippen LogP contribution >= 0.6 is 0 Å². The first-order valence-electron chi connectivity index (χ1n) is 6.34. The third-order valence-corrected chi connectivity index (χ3v) is 3.38. The number of benzene rings is 2. The molecule has 3 nitrogen and oxygen atoms in total. The zero-order valence-electron chi connectivity index (χ0n) is 11.9. The van der Waals surface area contributed by atoms with E-state index in [0.717, 1.165) is 12.1 Å². The molecule has 0 aliphatic heterocycles. The zero-order valence-corrected chi connectivity index (χ0v) is 11.9. The largest absolute Gasteiger partial charge is 0.496 e. The summed E-state index contributed by atoms with van der Waals surface area (Å²) in [6.07, 6.45) is -4.42. The van der Waals surface area contributed by atoms with Gasteiger partial charge in [0.25, 0.3) is 0 Å². The van der Waals surface area contributed by atoms with Crippen molar-refractivity contribution in [2.45, 2.75) is 13.1 Å². The first kappa shape index (κ1) is 15.9. The molecule has 0 spiro atoms. The Hall–Kier alpha value is -2.50. The molecule has 0 aliphatic carbocycles. The van der Waals surface area contributed by atoms with Crippen LogP contribution in [0.25, 0.3) is 11.1 Å². The predicted octanol–water partition coefficient (Wildman–Crippen LogP) is 4.39. The van der Waals surface area contributed by atoms with E-state index >= 15 is 0 Å². The van der Waals surface area contributed by atoms with Crippen LogP contribution in [0.1, 0.15) is 21.5 Å². The Morgan fingerprint density at radius 3 is 2.14 bits per heavy atom. The Labute approximate surface area is 125 Å². The molecule has 2 rings (SSSR count). The highest BCUT2D eigenvalue weighted by atomic mass is 19.4. The number of carboxylic acids is 1. The van der Waals surface area contributed by atoms with Gasteiger partial charge in [0.15, 0.2) is 0 Å². The number of rotatable bonds is 3. The fourth-order valence-electron chi connectivity index (χ4n) is 2.27. The number of halogens is 3. The van der Waals surface area contributed by atoms with Gasteiger partial charge in [0.2, 0.25) is 0 Å². The smallest absolute Gasteiger partial charge is 0.416 e. The lowest BCUT2D eigenvalue weighted by atomic mass is 9.94. The van der Waals surface area contributed by atoms with Crippen molar-refractivity contribution in [3.8, 4) is 16.9 Å². The SMILES string of the molecule is COc1ccc(C(=O)O)c(C)c1-c1ccc(C(F)(F)F)cc1. The molecule has 2 aromatic carbocycles. The number of hydrogen-bond acceptors (Lipinski definition) is 2. The fraction of sp³-hybridized carbons (Fsp3) is 0.188. The van der Waals surface area contributed by atoms with Gasteiger partial charge in [-0.25, -0.2) is 4.79 Å². The van der Waals surface area contributed by atoms with Gasteiger partial charge in [-0.1, -0.05) is 12.1 Å². The van der Waals surface area contributed by atoms with Crippen LogP contribution in [0.3, 0.4) is 0 Å². The van der Waals surface area contributed by atoms with Crippen LogP contribution in [0.5, 0.6) is 5.75 Å². The van der Waals surface area contributed by atoms with Crippen LogP contribution < -0.4 is 4.74 Å². The standard InChI is InChI=1S/C16H13F3O3/c1-9-12(15(20)21)7-8-13(22-2)14(9)10-3-5-11(6-4-10)16(17,18)19/h3-8H,1-2H3,(H,20,21). The van der Waals surface area contributed by atoms with Gasteiger partial charge in [0.1, 0.15) is 5.75 Å². The lowest BCUT2D eigenvalue weighted by molar-refractivity contribution is -0.137. The third kappa shape index (κ3) is 2.90. The maximum absolute atomic E-state index is 12.6. The summed E-state index contributed by atoms with van der Waals surface area (Å²) in [5.74, 6) is -0.699. The van der Waals surface area contributed by atoms with Crippen LogP contribution in [0, 0.1) is 6.92 Å². The molecule has 1 N–H and O–H groups in total. The van der Waals surface area contributed by atoms with Crippen molar-refractivity contribution in [2.24, 2.45) is 0 Å². The molecule has 0 heterocycles. The number of carbonyl (C=O) groups is 1.